The number of pyridine rings is 1. The van der Waals surface area contributed by atoms with Crippen LogP contribution in [0.1, 0.15) is 25.0 Å². The third-order valence-corrected chi connectivity index (χ3v) is 6.02. The lowest BCUT2D eigenvalue weighted by Crippen LogP contribution is -2.34. The van der Waals surface area contributed by atoms with Crippen LogP contribution >= 0.6 is 12.8 Å². The van der Waals surface area contributed by atoms with E-state index in [1.807, 2.05) is 24.3 Å². The molecular formula is C25H27FN6S. The Bertz CT molecular complexity index is 1110. The highest BCUT2D eigenvalue weighted by atomic mass is 32.1. The number of aromatic nitrogens is 1. The molecule has 1 heterocycles. The van der Waals surface area contributed by atoms with Gasteiger partial charge in [-0.1, -0.05) is 31.0 Å². The summed E-state index contributed by atoms with van der Waals surface area (Å²) in [7, 11) is 0. The van der Waals surface area contributed by atoms with Crippen molar-refractivity contribution in [3.63, 3.8) is 0 Å². The fraction of sp³-hybridized carbons (Fsp3) is 0.200. The van der Waals surface area contributed by atoms with Crippen molar-refractivity contribution in [1.82, 2.24) is 9.71 Å². The second-order valence-electron chi connectivity index (χ2n) is 7.84. The molecule has 0 saturated carbocycles. The van der Waals surface area contributed by atoms with Gasteiger partial charge in [0.2, 0.25) is 0 Å². The fourth-order valence-electron chi connectivity index (χ4n) is 4.12. The van der Waals surface area contributed by atoms with Gasteiger partial charge in [0.25, 0.3) is 0 Å². The minimum Gasteiger partial charge on any atom is -0.355 e. The van der Waals surface area contributed by atoms with E-state index in [4.69, 9.17) is 16.2 Å². The number of nitrogens with one attached hydrogen (secondary N) is 5. The lowest BCUT2D eigenvalue weighted by atomic mass is 9.62. The Morgan fingerprint density at radius 3 is 2.58 bits per heavy atom. The largest absolute Gasteiger partial charge is 0.355 e. The average Bonchev–Trinajstić information content (AvgIpc) is 2.85. The van der Waals surface area contributed by atoms with E-state index < -0.39 is 5.41 Å². The molecule has 170 valence electrons. The smallest absolute Gasteiger partial charge is 0.123 e. The van der Waals surface area contributed by atoms with E-state index in [0.717, 1.165) is 28.6 Å². The molecule has 0 saturated heterocycles. The number of halogens is 1. The van der Waals surface area contributed by atoms with Crippen molar-refractivity contribution in [3.05, 3.63) is 89.7 Å². The molecule has 0 radical (unpaired) electrons. The second-order valence-corrected chi connectivity index (χ2v) is 8.16. The summed E-state index contributed by atoms with van der Waals surface area (Å²) in [5, 5.41) is 27.3. The number of allylic oxidation sites excluding steroid dienone is 3. The van der Waals surface area contributed by atoms with Gasteiger partial charge in [0.05, 0.1) is 11.4 Å². The fourth-order valence-corrected chi connectivity index (χ4v) is 4.23. The van der Waals surface area contributed by atoms with E-state index in [2.05, 4.69) is 34.4 Å². The SMILES string of the molecule is C=C(c1ccccn1)C1(CC(=N)C=N)CC(C=N)=C(Nc2ccc(F)cc2)C=C1CCNS. The maximum atomic E-state index is 13.4. The molecule has 8 heteroatoms. The lowest BCUT2D eigenvalue weighted by Gasteiger charge is -2.41. The van der Waals surface area contributed by atoms with E-state index in [0.29, 0.717) is 30.8 Å². The van der Waals surface area contributed by atoms with Gasteiger partial charge in [-0.15, -0.1) is 0 Å². The van der Waals surface area contributed by atoms with Gasteiger partial charge in [0.1, 0.15) is 5.82 Å². The molecule has 1 aliphatic carbocycles. The normalized spacial score (nSPS) is 17.8. The summed E-state index contributed by atoms with van der Waals surface area (Å²) in [5.74, 6) is -0.322. The molecule has 33 heavy (non-hydrogen) atoms. The molecule has 0 spiro atoms. The van der Waals surface area contributed by atoms with Crippen LogP contribution in [0.15, 0.2) is 78.2 Å². The van der Waals surface area contributed by atoms with Crippen LogP contribution in [-0.2, 0) is 0 Å². The van der Waals surface area contributed by atoms with Gasteiger partial charge in [-0.25, -0.2) is 4.39 Å². The van der Waals surface area contributed by atoms with Crippen molar-refractivity contribution in [1.29, 1.82) is 16.2 Å². The number of hydrogen-bond donors (Lipinski definition) is 6. The van der Waals surface area contributed by atoms with Gasteiger partial charge in [-0.05, 0) is 66.5 Å². The molecule has 1 atom stereocenters. The van der Waals surface area contributed by atoms with Crippen molar-refractivity contribution >= 4 is 42.2 Å². The zero-order valence-electron chi connectivity index (χ0n) is 18.2. The number of benzene rings is 1. The summed E-state index contributed by atoms with van der Waals surface area (Å²) >= 11 is 4.15. The summed E-state index contributed by atoms with van der Waals surface area (Å²) in [6.07, 6.45) is 7.29. The van der Waals surface area contributed by atoms with Gasteiger partial charge in [0, 0.05) is 48.4 Å². The number of nitrogens with zero attached hydrogens (tertiary/aromatic N) is 1. The van der Waals surface area contributed by atoms with Crippen LogP contribution in [0.4, 0.5) is 10.1 Å². The highest BCUT2D eigenvalue weighted by Gasteiger charge is 2.42. The minimum absolute atomic E-state index is 0.163. The molecule has 0 bridgehead atoms. The van der Waals surface area contributed by atoms with Gasteiger partial charge in [-0.3, -0.25) is 9.71 Å². The molecule has 0 amide bonds. The summed E-state index contributed by atoms with van der Waals surface area (Å²) in [5.41, 5.74) is 4.02. The third-order valence-electron chi connectivity index (χ3n) is 5.79. The first-order valence-corrected chi connectivity index (χ1v) is 10.9. The van der Waals surface area contributed by atoms with Crippen LogP contribution in [0.3, 0.4) is 0 Å². The highest BCUT2D eigenvalue weighted by molar-refractivity contribution is 7.78. The van der Waals surface area contributed by atoms with E-state index in [1.54, 1.807) is 18.3 Å². The molecule has 0 aliphatic heterocycles. The third kappa shape index (κ3) is 5.53. The number of hydrogen-bond acceptors (Lipinski definition) is 7. The van der Waals surface area contributed by atoms with E-state index in [-0.39, 0.29) is 17.9 Å². The highest BCUT2D eigenvalue weighted by Crippen LogP contribution is 2.52. The van der Waals surface area contributed by atoms with Gasteiger partial charge < -0.3 is 21.5 Å². The van der Waals surface area contributed by atoms with Crippen LogP contribution < -0.4 is 10.0 Å². The monoisotopic (exact) mass is 462 g/mol. The molecular weight excluding hydrogens is 435 g/mol. The molecule has 6 nitrogen and oxygen atoms in total. The summed E-state index contributed by atoms with van der Waals surface area (Å²) in [6.45, 7) is 4.96. The predicted octanol–water partition coefficient (Wildman–Crippen LogP) is 5.45. The van der Waals surface area contributed by atoms with Gasteiger partial charge in [-0.2, -0.15) is 0 Å². The molecule has 1 aromatic heterocycles. The van der Waals surface area contributed by atoms with Crippen molar-refractivity contribution < 1.29 is 4.39 Å². The Morgan fingerprint density at radius 2 is 1.97 bits per heavy atom. The van der Waals surface area contributed by atoms with Crippen molar-refractivity contribution in [2.75, 3.05) is 11.9 Å². The summed E-state index contributed by atoms with van der Waals surface area (Å²) in [4.78, 5) is 4.48. The molecule has 0 fully saturated rings. The summed E-state index contributed by atoms with van der Waals surface area (Å²) < 4.78 is 16.2. The Balaban J connectivity index is 2.12. The molecule has 1 aromatic carbocycles. The van der Waals surface area contributed by atoms with Gasteiger partial charge >= 0.3 is 0 Å². The van der Waals surface area contributed by atoms with Crippen molar-refractivity contribution in [2.45, 2.75) is 19.3 Å². The molecule has 1 aliphatic rings. The Kier molecular flexibility index (Phi) is 8.08. The maximum absolute atomic E-state index is 13.4. The van der Waals surface area contributed by atoms with Crippen LogP contribution in [0.25, 0.3) is 5.57 Å². The predicted molar refractivity (Wildman–Crippen MR) is 137 cm³/mol. The van der Waals surface area contributed by atoms with Crippen LogP contribution in [0, 0.1) is 27.5 Å². The Labute approximate surface area is 198 Å². The minimum atomic E-state index is -0.728. The Hall–Kier alpha value is -3.36. The Morgan fingerprint density at radius 1 is 1.21 bits per heavy atom. The van der Waals surface area contributed by atoms with Crippen molar-refractivity contribution in [2.24, 2.45) is 5.41 Å². The first-order valence-electron chi connectivity index (χ1n) is 10.5. The maximum Gasteiger partial charge on any atom is 0.123 e. The standard InChI is InChI=1S/C25H27FN6S/c1-17(23-4-2-3-10-30-23)25(14-21(29)16-28)13-18(15-27)24(12-19(25)9-11-31-33)32-22-7-5-20(26)6-8-22/h2-8,10,12,15-16,27-29,31-33H,1,9,11,13-14H2. The molecule has 1 unspecified atom stereocenters. The van der Waals surface area contributed by atoms with E-state index in [1.165, 1.54) is 18.3 Å². The number of thiol groups is 1. The average molecular weight is 463 g/mol. The van der Waals surface area contributed by atoms with Crippen LogP contribution in [-0.4, -0.2) is 29.7 Å². The topological polar surface area (TPSA) is 108 Å². The molecule has 5 N–H and O–H groups in total. The summed E-state index contributed by atoms with van der Waals surface area (Å²) in [6, 6.07) is 11.7. The first-order chi connectivity index (χ1) is 15.9. The van der Waals surface area contributed by atoms with Crippen molar-refractivity contribution in [3.8, 4) is 0 Å². The lowest BCUT2D eigenvalue weighted by molar-refractivity contribution is 0.473. The van der Waals surface area contributed by atoms with Crippen LogP contribution in [0.2, 0.25) is 0 Å². The first kappa shape index (κ1) is 24.3. The van der Waals surface area contributed by atoms with E-state index >= 15 is 0 Å². The molecule has 2 aromatic rings. The number of rotatable bonds is 11. The quantitative estimate of drug-likeness (QED) is 0.197. The van der Waals surface area contributed by atoms with Gasteiger partial charge in [0.15, 0.2) is 0 Å². The second kappa shape index (κ2) is 11.0. The molecule has 3 rings (SSSR count). The number of anilines is 1. The zero-order chi connectivity index (χ0) is 23.8. The van der Waals surface area contributed by atoms with Crippen LogP contribution in [0.5, 0.6) is 0 Å². The van der Waals surface area contributed by atoms with E-state index in [9.17, 15) is 4.39 Å². The zero-order valence-corrected chi connectivity index (χ0v) is 19.1.